The maximum Gasteiger partial charge on any atom is 0.353 e. The van der Waals surface area contributed by atoms with E-state index in [9.17, 15) is 14.9 Å². The normalized spacial score (nSPS) is 14.0. The third-order valence-electron chi connectivity index (χ3n) is 4.62. The van der Waals surface area contributed by atoms with Crippen LogP contribution in [-0.4, -0.2) is 28.8 Å². The molecule has 7 heteroatoms. The zero-order chi connectivity index (χ0) is 19.2. The van der Waals surface area contributed by atoms with Crippen molar-refractivity contribution < 1.29 is 14.5 Å². The van der Waals surface area contributed by atoms with Crippen LogP contribution in [0.4, 0.5) is 11.5 Å². The highest BCUT2D eigenvalue weighted by Gasteiger charge is 2.28. The van der Waals surface area contributed by atoms with Gasteiger partial charge in [0.1, 0.15) is 11.5 Å². The Kier molecular flexibility index (Phi) is 6.01. The molecular formula is C20H23N3O4. The van der Waals surface area contributed by atoms with Crippen LogP contribution in [0.25, 0.3) is 0 Å². The Hall–Kier alpha value is -2.96. The number of aryl methyl sites for hydroxylation is 1. The number of Topliss-reactive ketones (excluding diaryl/α,β-unsaturated/α-hetero) is 1. The molecule has 2 aromatic rings. The van der Waals surface area contributed by atoms with Crippen LogP contribution in [0, 0.1) is 10.1 Å². The molecule has 1 aliphatic rings. The fourth-order valence-electron chi connectivity index (χ4n) is 3.19. The van der Waals surface area contributed by atoms with Crippen molar-refractivity contribution in [3.8, 4) is 11.5 Å². The van der Waals surface area contributed by atoms with Gasteiger partial charge in [0.2, 0.25) is 11.6 Å². The van der Waals surface area contributed by atoms with Crippen LogP contribution in [0.2, 0.25) is 0 Å². The van der Waals surface area contributed by atoms with Gasteiger partial charge in [0.05, 0.1) is 4.92 Å². The number of benzene rings is 1. The number of pyridine rings is 1. The summed E-state index contributed by atoms with van der Waals surface area (Å²) in [5.41, 5.74) is 0.927. The van der Waals surface area contributed by atoms with E-state index < -0.39 is 4.92 Å². The number of piperidine rings is 1. The highest BCUT2D eigenvalue weighted by Crippen LogP contribution is 2.38. The second-order valence-electron chi connectivity index (χ2n) is 6.73. The summed E-state index contributed by atoms with van der Waals surface area (Å²) in [5.74, 6) is 1.22. The van der Waals surface area contributed by atoms with Gasteiger partial charge in [-0.2, -0.15) is 0 Å². The molecule has 0 unspecified atom stereocenters. The quantitative estimate of drug-likeness (QED) is 0.534. The van der Waals surface area contributed by atoms with Crippen LogP contribution in [0.15, 0.2) is 36.5 Å². The molecular weight excluding hydrogens is 346 g/mol. The van der Waals surface area contributed by atoms with Crippen molar-refractivity contribution in [1.29, 1.82) is 0 Å². The summed E-state index contributed by atoms with van der Waals surface area (Å²) in [4.78, 5) is 28.6. The van der Waals surface area contributed by atoms with E-state index in [1.807, 2.05) is 17.0 Å². The molecule has 0 saturated carbocycles. The lowest BCUT2D eigenvalue weighted by molar-refractivity contribution is -0.385. The first-order valence-corrected chi connectivity index (χ1v) is 9.19. The summed E-state index contributed by atoms with van der Waals surface area (Å²) in [6, 6.07) is 8.79. The van der Waals surface area contributed by atoms with Gasteiger partial charge in [-0.15, -0.1) is 0 Å². The number of hydrogen-bond donors (Lipinski definition) is 0. The fraction of sp³-hybridized carbons (Fsp3) is 0.400. The van der Waals surface area contributed by atoms with Gasteiger partial charge in [0, 0.05) is 31.8 Å². The first-order chi connectivity index (χ1) is 13.0. The number of anilines is 1. The molecule has 1 aromatic heterocycles. The molecule has 3 rings (SSSR count). The third-order valence-corrected chi connectivity index (χ3v) is 4.62. The first-order valence-electron chi connectivity index (χ1n) is 9.19. The Labute approximate surface area is 158 Å². The van der Waals surface area contributed by atoms with Gasteiger partial charge in [-0.05, 0) is 50.3 Å². The molecule has 0 amide bonds. The highest BCUT2D eigenvalue weighted by atomic mass is 16.6. The van der Waals surface area contributed by atoms with Crippen molar-refractivity contribution in [3.63, 3.8) is 0 Å². The van der Waals surface area contributed by atoms with Crippen molar-refractivity contribution in [1.82, 2.24) is 4.98 Å². The van der Waals surface area contributed by atoms with Crippen molar-refractivity contribution in [2.24, 2.45) is 0 Å². The van der Waals surface area contributed by atoms with Gasteiger partial charge in [-0.3, -0.25) is 10.1 Å². The van der Waals surface area contributed by atoms with Crippen molar-refractivity contribution in [3.05, 3.63) is 52.2 Å². The zero-order valence-corrected chi connectivity index (χ0v) is 15.4. The average Bonchev–Trinajstić information content (AvgIpc) is 2.67. The van der Waals surface area contributed by atoms with E-state index in [0.29, 0.717) is 24.4 Å². The van der Waals surface area contributed by atoms with Gasteiger partial charge >= 0.3 is 5.69 Å². The monoisotopic (exact) mass is 369 g/mol. The Balaban J connectivity index is 1.81. The molecule has 7 nitrogen and oxygen atoms in total. The van der Waals surface area contributed by atoms with Crippen LogP contribution >= 0.6 is 0 Å². The Morgan fingerprint density at radius 1 is 1.19 bits per heavy atom. The lowest BCUT2D eigenvalue weighted by atomic mass is 10.1. The van der Waals surface area contributed by atoms with E-state index in [-0.39, 0.29) is 17.2 Å². The average molecular weight is 369 g/mol. The van der Waals surface area contributed by atoms with Gasteiger partial charge in [-0.25, -0.2) is 4.98 Å². The Morgan fingerprint density at radius 3 is 2.52 bits per heavy atom. The maximum absolute atomic E-state index is 11.7. The van der Waals surface area contributed by atoms with E-state index in [2.05, 4.69) is 4.98 Å². The molecule has 1 aliphatic heterocycles. The first kappa shape index (κ1) is 18.8. The van der Waals surface area contributed by atoms with E-state index >= 15 is 0 Å². The van der Waals surface area contributed by atoms with E-state index in [1.54, 1.807) is 25.3 Å². The number of ketones is 1. The predicted molar refractivity (Wildman–Crippen MR) is 102 cm³/mol. The molecule has 1 aromatic carbocycles. The molecule has 1 fully saturated rings. The lowest BCUT2D eigenvalue weighted by Gasteiger charge is -2.27. The molecule has 27 heavy (non-hydrogen) atoms. The minimum absolute atomic E-state index is 0.0972. The van der Waals surface area contributed by atoms with Crippen LogP contribution < -0.4 is 9.64 Å². The smallest absolute Gasteiger partial charge is 0.353 e. The molecule has 142 valence electrons. The van der Waals surface area contributed by atoms with Gasteiger partial charge in [0.25, 0.3) is 0 Å². The number of carbonyl (C=O) groups is 1. The summed E-state index contributed by atoms with van der Waals surface area (Å²) >= 11 is 0. The molecule has 0 spiro atoms. The van der Waals surface area contributed by atoms with Crippen molar-refractivity contribution >= 4 is 17.3 Å². The summed E-state index contributed by atoms with van der Waals surface area (Å²) in [6.07, 6.45) is 5.86. The van der Waals surface area contributed by atoms with Crippen LogP contribution in [0.5, 0.6) is 11.5 Å². The molecule has 0 atom stereocenters. The van der Waals surface area contributed by atoms with E-state index in [1.165, 1.54) is 6.07 Å². The van der Waals surface area contributed by atoms with Crippen LogP contribution in [-0.2, 0) is 11.2 Å². The van der Waals surface area contributed by atoms with E-state index in [0.717, 1.165) is 37.9 Å². The number of carbonyl (C=O) groups excluding carboxylic acids is 1. The fourth-order valence-corrected chi connectivity index (χ4v) is 3.19. The Morgan fingerprint density at radius 2 is 1.89 bits per heavy atom. The van der Waals surface area contributed by atoms with Crippen LogP contribution in [0.1, 0.15) is 38.2 Å². The van der Waals surface area contributed by atoms with Gasteiger partial charge in [0.15, 0.2) is 0 Å². The number of rotatable bonds is 7. The number of hydrogen-bond acceptors (Lipinski definition) is 6. The number of ether oxygens (including phenoxy) is 1. The summed E-state index contributed by atoms with van der Waals surface area (Å²) < 4.78 is 5.81. The maximum atomic E-state index is 11.7. The Bertz CT molecular complexity index is 814. The van der Waals surface area contributed by atoms with Crippen molar-refractivity contribution in [2.75, 3.05) is 18.0 Å². The van der Waals surface area contributed by atoms with Gasteiger partial charge in [-0.1, -0.05) is 12.1 Å². The number of aromatic nitrogens is 1. The molecule has 0 radical (unpaired) electrons. The van der Waals surface area contributed by atoms with Crippen molar-refractivity contribution in [2.45, 2.75) is 39.0 Å². The molecule has 0 bridgehead atoms. The summed E-state index contributed by atoms with van der Waals surface area (Å²) in [5, 5.41) is 11.7. The number of nitrogens with zero attached hydrogens (tertiary/aromatic N) is 3. The van der Waals surface area contributed by atoms with E-state index in [4.69, 9.17) is 4.74 Å². The number of nitro groups is 1. The lowest BCUT2D eigenvalue weighted by Crippen LogP contribution is -2.30. The van der Waals surface area contributed by atoms with Gasteiger partial charge < -0.3 is 14.4 Å². The standard InChI is InChI=1S/C20H23N3O4/c1-15(24)5-6-16-7-9-17(10-8-16)27-18-11-12-21-20(19(18)23(25)26)22-13-3-2-4-14-22/h7-12H,2-6,13-14H2,1H3. The topological polar surface area (TPSA) is 85.6 Å². The SMILES string of the molecule is CC(=O)CCc1ccc(Oc2ccnc(N3CCCCC3)c2[N+](=O)[O-])cc1. The molecule has 0 aliphatic carbocycles. The summed E-state index contributed by atoms with van der Waals surface area (Å²) in [6.45, 7) is 3.10. The third kappa shape index (κ3) is 4.81. The second-order valence-corrected chi connectivity index (χ2v) is 6.73. The minimum Gasteiger partial charge on any atom is -0.450 e. The molecule has 1 saturated heterocycles. The molecule has 0 N–H and O–H groups in total. The zero-order valence-electron chi connectivity index (χ0n) is 15.4. The minimum atomic E-state index is -0.423. The molecule has 2 heterocycles. The largest absolute Gasteiger partial charge is 0.450 e. The van der Waals surface area contributed by atoms with Crippen LogP contribution in [0.3, 0.4) is 0 Å². The summed E-state index contributed by atoms with van der Waals surface area (Å²) in [7, 11) is 0. The highest BCUT2D eigenvalue weighted by molar-refractivity contribution is 5.75. The predicted octanol–water partition coefficient (Wildman–Crippen LogP) is 4.29. The second kappa shape index (κ2) is 8.62.